The molecule has 212 valence electrons. The maximum atomic E-state index is 12.8. The summed E-state index contributed by atoms with van der Waals surface area (Å²) in [6.07, 6.45) is 6.45. The first kappa shape index (κ1) is 26.9. The Morgan fingerprint density at radius 2 is 1.80 bits per heavy atom. The highest BCUT2D eigenvalue weighted by atomic mass is 16.5. The molecule has 2 atom stereocenters. The van der Waals surface area contributed by atoms with E-state index in [1.807, 2.05) is 29.2 Å². The number of nitrogen functional groups attached to an aromatic ring is 1. The molecule has 11 nitrogen and oxygen atoms in total. The summed E-state index contributed by atoms with van der Waals surface area (Å²) in [7, 11) is 1.56. The molecule has 4 N–H and O–H groups in total. The number of aliphatic hydroxyl groups excluding tert-OH is 2. The number of methoxy groups -OCH3 is 1. The van der Waals surface area contributed by atoms with Crippen LogP contribution in [-0.4, -0.2) is 72.2 Å². The molecule has 2 saturated heterocycles. The Morgan fingerprint density at radius 1 is 1.07 bits per heavy atom. The number of carbonyl (C=O) groups excluding carboxylic acids is 2. The average molecular weight is 557 g/mol. The number of Topliss-reactive ketones (excluding diaryl/α,β-unsaturated/α-hetero) is 1. The number of rotatable bonds is 7. The van der Waals surface area contributed by atoms with Gasteiger partial charge in [0.1, 0.15) is 18.2 Å². The third kappa shape index (κ3) is 4.51. The van der Waals surface area contributed by atoms with Crippen molar-refractivity contribution in [1.29, 1.82) is 0 Å². The summed E-state index contributed by atoms with van der Waals surface area (Å²) < 4.78 is 6.80. The predicted molar refractivity (Wildman–Crippen MR) is 151 cm³/mol. The van der Waals surface area contributed by atoms with Crippen LogP contribution in [0.1, 0.15) is 60.1 Å². The standard InChI is InChI=1S/C30H32N6O5/c1-16(39)27-28(19-10-21-5-6-22(11-19)35(21)26(40)15-38)34-30-23(13-33-36(30)29(27)31)18-3-7-24(32-12-18)17-4-8-25(41-2)20(9-17)14-37/h3-4,7-9,12-13,19,21-22,37-38H,5-6,10-11,14-15,31H2,1-2H3/t21-,22-/m1/s1. The molecule has 4 aromatic rings. The Balaban J connectivity index is 1.38. The van der Waals surface area contributed by atoms with E-state index in [1.54, 1.807) is 25.6 Å². The number of aromatic nitrogens is 4. The van der Waals surface area contributed by atoms with Gasteiger partial charge in [-0.3, -0.25) is 14.6 Å². The fraction of sp³-hybridized carbons (Fsp3) is 0.367. The highest BCUT2D eigenvalue weighted by molar-refractivity contribution is 6.00. The predicted octanol–water partition coefficient (Wildman–Crippen LogP) is 2.97. The molecule has 0 radical (unpaired) electrons. The second kappa shape index (κ2) is 10.6. The first-order valence-electron chi connectivity index (χ1n) is 13.7. The lowest BCUT2D eigenvalue weighted by atomic mass is 9.85. The minimum Gasteiger partial charge on any atom is -0.496 e. The second-order valence-electron chi connectivity index (χ2n) is 10.7. The van der Waals surface area contributed by atoms with Gasteiger partial charge in [0.05, 0.1) is 36.9 Å². The Bertz CT molecular complexity index is 1640. The number of anilines is 1. The van der Waals surface area contributed by atoms with Gasteiger partial charge < -0.3 is 25.6 Å². The lowest BCUT2D eigenvalue weighted by Crippen LogP contribution is -2.47. The van der Waals surface area contributed by atoms with Crippen molar-refractivity contribution in [1.82, 2.24) is 24.5 Å². The van der Waals surface area contributed by atoms with Crippen LogP contribution >= 0.6 is 0 Å². The zero-order valence-electron chi connectivity index (χ0n) is 22.9. The summed E-state index contributed by atoms with van der Waals surface area (Å²) in [4.78, 5) is 36.7. The van der Waals surface area contributed by atoms with E-state index in [-0.39, 0.29) is 42.1 Å². The monoisotopic (exact) mass is 556 g/mol. The Kier molecular flexibility index (Phi) is 6.92. The molecule has 1 amide bonds. The van der Waals surface area contributed by atoms with Crippen molar-refractivity contribution in [2.45, 2.75) is 57.2 Å². The Labute approximate surface area is 236 Å². The third-order valence-electron chi connectivity index (χ3n) is 8.43. The van der Waals surface area contributed by atoms with Gasteiger partial charge in [-0.1, -0.05) is 6.07 Å². The maximum Gasteiger partial charge on any atom is 0.248 e. The number of hydrogen-bond acceptors (Lipinski definition) is 9. The molecule has 41 heavy (non-hydrogen) atoms. The molecule has 0 saturated carbocycles. The van der Waals surface area contributed by atoms with E-state index >= 15 is 0 Å². The van der Waals surface area contributed by atoms with Gasteiger partial charge in [0.2, 0.25) is 5.91 Å². The molecule has 0 spiro atoms. The summed E-state index contributed by atoms with van der Waals surface area (Å²) >= 11 is 0. The molecule has 2 aliphatic rings. The van der Waals surface area contributed by atoms with E-state index in [9.17, 15) is 19.8 Å². The molecule has 2 bridgehead atoms. The van der Waals surface area contributed by atoms with Gasteiger partial charge in [0.15, 0.2) is 11.4 Å². The van der Waals surface area contributed by atoms with E-state index in [1.165, 1.54) is 11.4 Å². The molecule has 2 fully saturated rings. The highest BCUT2D eigenvalue weighted by Gasteiger charge is 2.44. The van der Waals surface area contributed by atoms with Crippen LogP contribution in [-0.2, 0) is 11.4 Å². The van der Waals surface area contributed by atoms with E-state index in [4.69, 9.17) is 15.5 Å². The summed E-state index contributed by atoms with van der Waals surface area (Å²) in [6, 6.07) is 9.37. The van der Waals surface area contributed by atoms with Crippen LogP contribution in [0.25, 0.3) is 28.0 Å². The van der Waals surface area contributed by atoms with Crippen LogP contribution in [0.4, 0.5) is 5.82 Å². The number of nitrogens with zero attached hydrogens (tertiary/aromatic N) is 5. The number of nitrogens with two attached hydrogens (primary N) is 1. The smallest absolute Gasteiger partial charge is 0.248 e. The van der Waals surface area contributed by atoms with Crippen molar-refractivity contribution in [2.75, 3.05) is 19.5 Å². The number of piperidine rings is 1. The molecule has 2 aliphatic heterocycles. The van der Waals surface area contributed by atoms with Gasteiger partial charge >= 0.3 is 0 Å². The number of amides is 1. The molecular weight excluding hydrogens is 524 g/mol. The summed E-state index contributed by atoms with van der Waals surface area (Å²) in [5.74, 6) is 0.368. The van der Waals surface area contributed by atoms with E-state index in [0.717, 1.165) is 35.2 Å². The van der Waals surface area contributed by atoms with E-state index in [2.05, 4.69) is 10.1 Å². The SMILES string of the molecule is COc1ccc(-c2ccc(-c3cnn4c(N)c(C(C)=O)c(C5C[C@H]6CC[C@H](C5)N6C(=O)CO)nc34)cn2)cc1CO. The van der Waals surface area contributed by atoms with E-state index in [0.29, 0.717) is 41.1 Å². The van der Waals surface area contributed by atoms with Crippen molar-refractivity contribution in [3.63, 3.8) is 0 Å². The van der Waals surface area contributed by atoms with Crippen LogP contribution in [0.2, 0.25) is 0 Å². The van der Waals surface area contributed by atoms with Gasteiger partial charge in [-0.25, -0.2) is 4.98 Å². The molecule has 3 aromatic heterocycles. The number of ketones is 1. The first-order valence-corrected chi connectivity index (χ1v) is 13.7. The molecule has 11 heteroatoms. The number of ether oxygens (including phenoxy) is 1. The molecule has 6 rings (SSSR count). The zero-order chi connectivity index (χ0) is 28.8. The summed E-state index contributed by atoms with van der Waals surface area (Å²) in [5, 5.41) is 23.6. The van der Waals surface area contributed by atoms with Crippen LogP contribution < -0.4 is 10.5 Å². The van der Waals surface area contributed by atoms with Crippen LogP contribution in [0.3, 0.4) is 0 Å². The number of pyridine rings is 1. The largest absolute Gasteiger partial charge is 0.496 e. The minimum atomic E-state index is -0.499. The number of aliphatic hydroxyl groups is 2. The van der Waals surface area contributed by atoms with Crippen LogP contribution in [0.5, 0.6) is 5.75 Å². The molecule has 1 aromatic carbocycles. The lowest BCUT2D eigenvalue weighted by Gasteiger charge is -2.39. The Hall–Kier alpha value is -4.35. The van der Waals surface area contributed by atoms with Crippen LogP contribution in [0.15, 0.2) is 42.7 Å². The lowest BCUT2D eigenvalue weighted by molar-refractivity contribution is -0.138. The van der Waals surface area contributed by atoms with Crippen molar-refractivity contribution in [3.8, 4) is 28.1 Å². The number of carbonyl (C=O) groups is 2. The van der Waals surface area contributed by atoms with Crippen molar-refractivity contribution in [3.05, 3.63) is 59.5 Å². The van der Waals surface area contributed by atoms with Gasteiger partial charge in [0.25, 0.3) is 0 Å². The number of fused-ring (bicyclic) bond motifs is 3. The van der Waals surface area contributed by atoms with Crippen molar-refractivity contribution >= 4 is 23.2 Å². The number of benzene rings is 1. The summed E-state index contributed by atoms with van der Waals surface area (Å²) in [6.45, 7) is 0.837. The maximum absolute atomic E-state index is 12.8. The molecular formula is C30H32N6O5. The highest BCUT2D eigenvalue weighted by Crippen LogP contribution is 2.44. The van der Waals surface area contributed by atoms with Gasteiger partial charge in [-0.2, -0.15) is 9.61 Å². The summed E-state index contributed by atoms with van der Waals surface area (Å²) in [5.41, 5.74) is 11.9. The van der Waals surface area contributed by atoms with Crippen molar-refractivity contribution < 1.29 is 24.5 Å². The second-order valence-corrected chi connectivity index (χ2v) is 10.7. The number of hydrogen-bond donors (Lipinski definition) is 3. The molecule has 0 unspecified atom stereocenters. The van der Waals surface area contributed by atoms with Crippen molar-refractivity contribution in [2.24, 2.45) is 0 Å². The third-order valence-corrected chi connectivity index (χ3v) is 8.43. The van der Waals surface area contributed by atoms with Gasteiger partial charge in [-0.15, -0.1) is 0 Å². The topological polar surface area (TPSA) is 156 Å². The minimum absolute atomic E-state index is 0.00267. The first-order chi connectivity index (χ1) is 19.8. The quantitative estimate of drug-likeness (QED) is 0.291. The average Bonchev–Trinajstić information content (AvgIpc) is 3.54. The fourth-order valence-electron chi connectivity index (χ4n) is 6.57. The van der Waals surface area contributed by atoms with E-state index < -0.39 is 6.61 Å². The Morgan fingerprint density at radius 3 is 2.41 bits per heavy atom. The normalized spacial score (nSPS) is 20.0. The molecule has 5 heterocycles. The zero-order valence-corrected chi connectivity index (χ0v) is 22.9. The fourth-order valence-corrected chi connectivity index (χ4v) is 6.57. The van der Waals surface area contributed by atoms with Gasteiger partial charge in [0, 0.05) is 46.5 Å². The molecule has 0 aliphatic carbocycles. The van der Waals surface area contributed by atoms with Gasteiger partial charge in [-0.05, 0) is 56.9 Å². The van der Waals surface area contributed by atoms with Crippen LogP contribution in [0, 0.1) is 0 Å².